The Morgan fingerprint density at radius 3 is 1.80 bits per heavy atom. The van der Waals surface area contributed by atoms with Gasteiger partial charge in [0.2, 0.25) is 0 Å². The molecule has 0 heteroatoms. The fourth-order valence-electron chi connectivity index (χ4n) is 4.48. The molecule has 4 rings (SSSR count). The topological polar surface area (TPSA) is 0 Å². The highest BCUT2D eigenvalue weighted by Crippen LogP contribution is 2.53. The molecule has 1 fully saturated rings. The van der Waals surface area contributed by atoms with Crippen LogP contribution in [0, 0.1) is 5.92 Å². The molecule has 2 aliphatic carbocycles. The molecule has 2 aliphatic rings. The summed E-state index contributed by atoms with van der Waals surface area (Å²) in [4.78, 5) is 0. The smallest absolute Gasteiger partial charge is 0.00201 e. The average molecular weight is 262 g/mol. The Morgan fingerprint density at radius 1 is 0.800 bits per heavy atom. The molecule has 102 valence electrons. The highest BCUT2D eigenvalue weighted by molar-refractivity contribution is 5.46. The summed E-state index contributed by atoms with van der Waals surface area (Å²) in [6, 6.07) is 18.3. The van der Waals surface area contributed by atoms with Gasteiger partial charge in [0.05, 0.1) is 0 Å². The first-order valence-electron chi connectivity index (χ1n) is 8.02. The van der Waals surface area contributed by atoms with E-state index in [0.29, 0.717) is 0 Å². The van der Waals surface area contributed by atoms with Crippen molar-refractivity contribution < 1.29 is 0 Å². The molecule has 2 atom stereocenters. The lowest BCUT2D eigenvalue weighted by molar-refractivity contribution is 0.517. The van der Waals surface area contributed by atoms with E-state index in [2.05, 4.69) is 55.5 Å². The predicted molar refractivity (Wildman–Crippen MR) is 84.2 cm³/mol. The molecule has 0 radical (unpaired) electrons. The summed E-state index contributed by atoms with van der Waals surface area (Å²) in [7, 11) is 0. The largest absolute Gasteiger partial charge is 0.0651 e. The summed E-state index contributed by atoms with van der Waals surface area (Å²) >= 11 is 0. The summed E-state index contributed by atoms with van der Waals surface area (Å²) in [6.07, 6.45) is 5.21. The molecule has 0 N–H and O–H groups in total. The second-order valence-corrected chi connectivity index (χ2v) is 6.53. The molecule has 2 aromatic carbocycles. The summed E-state index contributed by atoms with van der Waals surface area (Å²) in [5.74, 6) is 2.41. The number of hydrogen-bond donors (Lipinski definition) is 0. The fourth-order valence-corrected chi connectivity index (χ4v) is 4.48. The third-order valence-corrected chi connectivity index (χ3v) is 5.53. The molecule has 20 heavy (non-hydrogen) atoms. The highest BCUT2D eigenvalue weighted by atomic mass is 14.4. The lowest BCUT2D eigenvalue weighted by atomic mass is 9.84. The standard InChI is InChI=1S/C20H22/c1-2-14-11-19-17-9-5-3-7-15(17)13-16-8-4-6-10-18(16)20(19)12-14/h3-10,14,19-20H,2,11-13H2,1H3. The van der Waals surface area contributed by atoms with E-state index in [1.807, 2.05) is 0 Å². The van der Waals surface area contributed by atoms with Crippen molar-refractivity contribution in [3.63, 3.8) is 0 Å². The van der Waals surface area contributed by atoms with Crippen LogP contribution >= 0.6 is 0 Å². The first kappa shape index (κ1) is 12.2. The van der Waals surface area contributed by atoms with Crippen LogP contribution in [0.15, 0.2) is 48.5 Å². The predicted octanol–water partition coefficient (Wildman–Crippen LogP) is 5.28. The Bertz CT molecular complexity index is 572. The van der Waals surface area contributed by atoms with Crippen LogP contribution in [0.2, 0.25) is 0 Å². The molecule has 0 bridgehead atoms. The van der Waals surface area contributed by atoms with Gasteiger partial charge in [-0.25, -0.2) is 0 Å². The zero-order valence-electron chi connectivity index (χ0n) is 12.2. The first-order chi connectivity index (χ1) is 9.86. The molecule has 0 nitrogen and oxygen atoms in total. The molecular weight excluding hydrogens is 240 g/mol. The van der Waals surface area contributed by atoms with Gasteiger partial charge in [-0.2, -0.15) is 0 Å². The van der Waals surface area contributed by atoms with Crippen LogP contribution < -0.4 is 0 Å². The van der Waals surface area contributed by atoms with E-state index in [9.17, 15) is 0 Å². The van der Waals surface area contributed by atoms with Crippen molar-refractivity contribution in [1.29, 1.82) is 0 Å². The summed E-state index contributed by atoms with van der Waals surface area (Å²) < 4.78 is 0. The minimum atomic E-state index is 0.750. The minimum Gasteiger partial charge on any atom is -0.0651 e. The van der Waals surface area contributed by atoms with E-state index in [4.69, 9.17) is 0 Å². The van der Waals surface area contributed by atoms with Crippen LogP contribution in [0.5, 0.6) is 0 Å². The van der Waals surface area contributed by atoms with Crippen LogP contribution in [0.1, 0.15) is 60.3 Å². The van der Waals surface area contributed by atoms with E-state index in [1.165, 1.54) is 19.3 Å². The molecule has 0 spiro atoms. The van der Waals surface area contributed by atoms with Crippen molar-refractivity contribution in [2.75, 3.05) is 0 Å². The molecular formula is C20H22. The van der Waals surface area contributed by atoms with Gasteiger partial charge in [-0.3, -0.25) is 0 Å². The van der Waals surface area contributed by atoms with E-state index in [1.54, 1.807) is 22.3 Å². The average Bonchev–Trinajstić information content (AvgIpc) is 2.87. The second-order valence-electron chi connectivity index (χ2n) is 6.53. The summed E-state index contributed by atoms with van der Waals surface area (Å²) in [5.41, 5.74) is 6.38. The van der Waals surface area contributed by atoms with Crippen LogP contribution in [-0.2, 0) is 6.42 Å². The molecule has 0 saturated heterocycles. The van der Waals surface area contributed by atoms with Gasteiger partial charge < -0.3 is 0 Å². The van der Waals surface area contributed by atoms with Gasteiger partial charge in [0.15, 0.2) is 0 Å². The molecule has 0 heterocycles. The van der Waals surface area contributed by atoms with Gasteiger partial charge in [-0.15, -0.1) is 0 Å². The Kier molecular flexibility index (Phi) is 2.91. The fraction of sp³-hybridized carbons (Fsp3) is 0.400. The van der Waals surface area contributed by atoms with Crippen LogP contribution in [0.3, 0.4) is 0 Å². The van der Waals surface area contributed by atoms with Crippen molar-refractivity contribution in [3.8, 4) is 0 Å². The van der Waals surface area contributed by atoms with Crippen molar-refractivity contribution >= 4 is 0 Å². The Labute approximate surface area is 121 Å². The van der Waals surface area contributed by atoms with E-state index in [0.717, 1.165) is 24.2 Å². The van der Waals surface area contributed by atoms with Crippen LogP contribution in [-0.4, -0.2) is 0 Å². The van der Waals surface area contributed by atoms with Gasteiger partial charge in [0.25, 0.3) is 0 Å². The van der Waals surface area contributed by atoms with Crippen LogP contribution in [0.25, 0.3) is 0 Å². The maximum absolute atomic E-state index is 2.39. The van der Waals surface area contributed by atoms with E-state index >= 15 is 0 Å². The normalized spacial score (nSPS) is 27.4. The number of rotatable bonds is 1. The lowest BCUT2D eigenvalue weighted by Gasteiger charge is -2.20. The summed E-state index contributed by atoms with van der Waals surface area (Å²) in [6.45, 7) is 2.35. The molecule has 0 aromatic heterocycles. The molecule has 2 aromatic rings. The van der Waals surface area contributed by atoms with Crippen molar-refractivity contribution in [2.45, 2.75) is 44.4 Å². The van der Waals surface area contributed by atoms with Gasteiger partial charge in [0, 0.05) is 0 Å². The van der Waals surface area contributed by atoms with Crippen LogP contribution in [0.4, 0.5) is 0 Å². The van der Waals surface area contributed by atoms with Crippen molar-refractivity contribution in [3.05, 3.63) is 70.8 Å². The maximum atomic E-state index is 2.39. The molecule has 0 amide bonds. The minimum absolute atomic E-state index is 0.750. The SMILES string of the molecule is CCC1CC2c3ccccc3Cc3ccccc3C2C1. The number of benzene rings is 2. The Hall–Kier alpha value is -1.56. The van der Waals surface area contributed by atoms with E-state index < -0.39 is 0 Å². The van der Waals surface area contributed by atoms with Gasteiger partial charge in [0.1, 0.15) is 0 Å². The molecule has 2 unspecified atom stereocenters. The maximum Gasteiger partial charge on any atom is -0.00201 e. The molecule has 0 aliphatic heterocycles. The zero-order valence-corrected chi connectivity index (χ0v) is 12.2. The van der Waals surface area contributed by atoms with Gasteiger partial charge in [-0.05, 0) is 59.3 Å². The lowest BCUT2D eigenvalue weighted by Crippen LogP contribution is -2.04. The van der Waals surface area contributed by atoms with E-state index in [-0.39, 0.29) is 0 Å². The third-order valence-electron chi connectivity index (χ3n) is 5.53. The third kappa shape index (κ3) is 1.82. The second kappa shape index (κ2) is 4.77. The Morgan fingerprint density at radius 2 is 1.30 bits per heavy atom. The number of hydrogen-bond acceptors (Lipinski definition) is 0. The van der Waals surface area contributed by atoms with Crippen molar-refractivity contribution in [2.24, 2.45) is 5.92 Å². The number of fused-ring (bicyclic) bond motifs is 5. The quantitative estimate of drug-likeness (QED) is 0.656. The van der Waals surface area contributed by atoms with Gasteiger partial charge in [-0.1, -0.05) is 61.9 Å². The first-order valence-corrected chi connectivity index (χ1v) is 8.02. The Balaban J connectivity index is 1.89. The van der Waals surface area contributed by atoms with Crippen molar-refractivity contribution in [1.82, 2.24) is 0 Å². The summed E-state index contributed by atoms with van der Waals surface area (Å²) in [5, 5.41) is 0. The zero-order chi connectivity index (χ0) is 13.5. The molecule has 1 saturated carbocycles. The van der Waals surface area contributed by atoms with Gasteiger partial charge >= 0.3 is 0 Å². The highest BCUT2D eigenvalue weighted by Gasteiger charge is 2.38. The monoisotopic (exact) mass is 262 g/mol.